The van der Waals surface area contributed by atoms with Gasteiger partial charge >= 0.3 is 18.2 Å². The topological polar surface area (TPSA) is 101 Å². The van der Waals surface area contributed by atoms with Crippen LogP contribution < -0.4 is 4.90 Å². The van der Waals surface area contributed by atoms with Crippen LogP contribution in [-0.4, -0.2) is 63.1 Å². The summed E-state index contributed by atoms with van der Waals surface area (Å²) in [5.74, 6) is -0.618. The van der Waals surface area contributed by atoms with Gasteiger partial charge in [-0.3, -0.25) is 0 Å². The lowest BCUT2D eigenvalue weighted by Crippen LogP contribution is -2.37. The largest absolute Gasteiger partial charge is 0.465 e. The molecule has 2 aliphatic rings. The first-order valence-electron chi connectivity index (χ1n) is 15.9. The molecule has 0 atom stereocenters. The van der Waals surface area contributed by atoms with E-state index in [1.54, 1.807) is 12.1 Å². The summed E-state index contributed by atoms with van der Waals surface area (Å²) >= 11 is 0. The number of halogens is 3. The molecule has 2 aliphatic heterocycles. The van der Waals surface area contributed by atoms with Gasteiger partial charge in [0.05, 0.1) is 12.3 Å². The van der Waals surface area contributed by atoms with Crippen molar-refractivity contribution in [2.75, 3.05) is 31.1 Å². The molecule has 47 heavy (non-hydrogen) atoms. The molecular weight excluding hydrogens is 611 g/mol. The summed E-state index contributed by atoms with van der Waals surface area (Å²) in [7, 11) is 0. The van der Waals surface area contributed by atoms with Gasteiger partial charge in [0.15, 0.2) is 11.5 Å². The number of esters is 1. The highest BCUT2D eigenvalue weighted by Gasteiger charge is 2.40. The van der Waals surface area contributed by atoms with Crippen LogP contribution in [0.15, 0.2) is 60.8 Å². The van der Waals surface area contributed by atoms with E-state index >= 15 is 0 Å². The fourth-order valence-electron chi connectivity index (χ4n) is 6.72. The number of likely N-dealkylation sites (tertiary alicyclic amines) is 1. The van der Waals surface area contributed by atoms with Crippen molar-refractivity contribution in [2.24, 2.45) is 0 Å². The van der Waals surface area contributed by atoms with Crippen LogP contribution in [0.25, 0.3) is 17.1 Å². The Hall–Kier alpha value is -4.87. The highest BCUT2D eigenvalue weighted by molar-refractivity contribution is 5.90. The van der Waals surface area contributed by atoms with Gasteiger partial charge in [0, 0.05) is 43.6 Å². The number of fused-ring (bicyclic) bond motifs is 1. The predicted octanol–water partition coefficient (Wildman–Crippen LogP) is 7.11. The molecule has 0 spiro atoms. The van der Waals surface area contributed by atoms with Crippen molar-refractivity contribution in [1.29, 1.82) is 0 Å². The van der Waals surface area contributed by atoms with Gasteiger partial charge < -0.3 is 19.6 Å². The van der Waals surface area contributed by atoms with Crippen LogP contribution in [0.1, 0.15) is 70.9 Å². The summed E-state index contributed by atoms with van der Waals surface area (Å²) in [6.45, 7) is 6.17. The summed E-state index contributed by atoms with van der Waals surface area (Å²) < 4.78 is 47.1. The fourth-order valence-corrected chi connectivity index (χ4v) is 6.72. The molecule has 1 saturated heterocycles. The maximum absolute atomic E-state index is 13.8. The molecule has 12 heteroatoms. The summed E-state index contributed by atoms with van der Waals surface area (Å²) in [6.07, 6.45) is -1.34. The van der Waals surface area contributed by atoms with Gasteiger partial charge in [0.1, 0.15) is 5.56 Å². The Bertz CT molecular complexity index is 1800. The van der Waals surface area contributed by atoms with Crippen LogP contribution in [0.5, 0.6) is 0 Å². The van der Waals surface area contributed by atoms with Crippen molar-refractivity contribution < 1.29 is 32.6 Å². The predicted molar refractivity (Wildman–Crippen MR) is 170 cm³/mol. The summed E-state index contributed by atoms with van der Waals surface area (Å²) in [5, 5.41) is 13.0. The minimum atomic E-state index is -4.85. The third kappa shape index (κ3) is 6.54. The molecule has 0 saturated carbocycles. The van der Waals surface area contributed by atoms with Gasteiger partial charge in [-0.05, 0) is 72.9 Å². The van der Waals surface area contributed by atoms with Crippen molar-refractivity contribution in [3.8, 4) is 17.1 Å². The second-order valence-corrected chi connectivity index (χ2v) is 11.9. The van der Waals surface area contributed by atoms with Gasteiger partial charge in [-0.15, -0.1) is 0 Å². The highest BCUT2D eigenvalue weighted by Crippen LogP contribution is 2.39. The smallest absolute Gasteiger partial charge is 0.436 e. The molecule has 246 valence electrons. The zero-order valence-corrected chi connectivity index (χ0v) is 26.3. The Morgan fingerprint density at radius 2 is 1.79 bits per heavy atom. The van der Waals surface area contributed by atoms with E-state index in [0.29, 0.717) is 31.2 Å². The summed E-state index contributed by atoms with van der Waals surface area (Å²) in [5.41, 5.74) is 5.37. The Morgan fingerprint density at radius 3 is 2.49 bits per heavy atom. The monoisotopic (exact) mass is 647 g/mol. The Kier molecular flexibility index (Phi) is 8.94. The van der Waals surface area contributed by atoms with Crippen LogP contribution >= 0.6 is 0 Å². The van der Waals surface area contributed by atoms with Crippen molar-refractivity contribution >= 4 is 17.7 Å². The number of carbonyl (C=O) groups is 2. The SMILES string of the molecule is CCOC(=O)c1cn(-c2cccc(-c3cccc4c3N(Cc3ccc(C5CCN(C(=O)O)CC5)c(CC)c3)CC4)n2)nc1C(F)(F)F. The van der Waals surface area contributed by atoms with Crippen molar-refractivity contribution in [3.05, 3.63) is 94.3 Å². The second-order valence-electron chi connectivity index (χ2n) is 11.9. The van der Waals surface area contributed by atoms with Gasteiger partial charge in [-0.2, -0.15) is 18.3 Å². The molecule has 0 unspecified atom stereocenters. The number of aryl methyl sites for hydroxylation is 1. The van der Waals surface area contributed by atoms with Crippen LogP contribution in [0.2, 0.25) is 0 Å². The lowest BCUT2D eigenvalue weighted by atomic mass is 9.85. The lowest BCUT2D eigenvalue weighted by Gasteiger charge is -2.31. The molecule has 0 bridgehead atoms. The maximum Gasteiger partial charge on any atom is 0.436 e. The van der Waals surface area contributed by atoms with Crippen molar-refractivity contribution in [3.63, 3.8) is 0 Å². The van der Waals surface area contributed by atoms with Crippen LogP contribution in [0.3, 0.4) is 0 Å². The number of pyridine rings is 1. The lowest BCUT2D eigenvalue weighted by molar-refractivity contribution is -0.141. The third-order valence-electron chi connectivity index (χ3n) is 8.98. The normalized spacial score (nSPS) is 15.2. The van der Waals surface area contributed by atoms with E-state index < -0.39 is 29.5 Å². The second kappa shape index (κ2) is 13.1. The van der Waals surface area contributed by atoms with Gasteiger partial charge in [-0.25, -0.2) is 19.3 Å². The molecule has 0 radical (unpaired) electrons. The number of hydrogen-bond donors (Lipinski definition) is 1. The Balaban J connectivity index is 1.27. The molecule has 2 aromatic carbocycles. The maximum atomic E-state index is 13.8. The standard InChI is InChI=1S/C35H36F3N5O4/c1-3-23-19-22(11-12-26(23)24-13-16-41(17-14-24)34(45)46)20-42-18-15-25-7-5-8-27(31(25)42)29-9-6-10-30(39-29)43-21-28(33(44)47-4-2)32(40-43)35(36,37)38/h5-12,19,21,24H,3-4,13-18,20H2,1-2H3,(H,45,46). The molecule has 1 amide bonds. The number of carbonyl (C=O) groups excluding carboxylic acids is 1. The first-order valence-corrected chi connectivity index (χ1v) is 15.9. The minimum absolute atomic E-state index is 0.0669. The van der Waals surface area contributed by atoms with E-state index in [9.17, 15) is 27.9 Å². The van der Waals surface area contributed by atoms with Crippen LogP contribution in [0, 0.1) is 0 Å². The number of anilines is 1. The molecule has 4 aromatic rings. The van der Waals surface area contributed by atoms with Crippen molar-refractivity contribution in [2.45, 2.75) is 58.2 Å². The summed E-state index contributed by atoms with van der Waals surface area (Å²) in [6, 6.07) is 17.7. The molecule has 1 N–H and O–H groups in total. The van der Waals surface area contributed by atoms with E-state index in [1.165, 1.54) is 28.5 Å². The molecular formula is C35H36F3N5O4. The molecule has 2 aromatic heterocycles. The van der Waals surface area contributed by atoms with E-state index in [-0.39, 0.29) is 12.4 Å². The number of rotatable bonds is 8. The highest BCUT2D eigenvalue weighted by atomic mass is 19.4. The van der Waals surface area contributed by atoms with Gasteiger partial charge in [-0.1, -0.05) is 49.4 Å². The number of carboxylic acid groups (broad SMARTS) is 1. The average molecular weight is 648 g/mol. The van der Waals surface area contributed by atoms with Crippen LogP contribution in [0.4, 0.5) is 23.7 Å². The van der Waals surface area contributed by atoms with Crippen molar-refractivity contribution in [1.82, 2.24) is 19.7 Å². The number of piperidine rings is 1. The molecule has 9 nitrogen and oxygen atoms in total. The number of aromatic nitrogens is 3. The number of amides is 1. The van der Waals surface area contributed by atoms with Gasteiger partial charge in [0.25, 0.3) is 0 Å². The van der Waals surface area contributed by atoms with Gasteiger partial charge in [0.2, 0.25) is 0 Å². The fraction of sp³-hybridized carbons (Fsp3) is 0.371. The minimum Gasteiger partial charge on any atom is -0.465 e. The first kappa shape index (κ1) is 32.1. The average Bonchev–Trinajstić information content (AvgIpc) is 3.71. The number of alkyl halides is 3. The Morgan fingerprint density at radius 1 is 1.02 bits per heavy atom. The number of nitrogens with zero attached hydrogens (tertiary/aromatic N) is 5. The number of benzene rings is 2. The van der Waals surface area contributed by atoms with E-state index in [0.717, 1.165) is 59.9 Å². The first-order chi connectivity index (χ1) is 22.6. The van der Waals surface area contributed by atoms with E-state index in [2.05, 4.69) is 41.2 Å². The summed E-state index contributed by atoms with van der Waals surface area (Å²) in [4.78, 5) is 32.2. The third-order valence-corrected chi connectivity index (χ3v) is 8.98. The number of para-hydroxylation sites is 1. The molecule has 6 rings (SSSR count). The van der Waals surface area contributed by atoms with E-state index in [4.69, 9.17) is 9.72 Å². The van der Waals surface area contributed by atoms with E-state index in [1.807, 2.05) is 18.2 Å². The zero-order chi connectivity index (χ0) is 33.3. The zero-order valence-electron chi connectivity index (χ0n) is 26.3. The number of ether oxygens (including phenoxy) is 1. The van der Waals surface area contributed by atoms with Crippen LogP contribution in [-0.2, 0) is 30.3 Å². The Labute approximate surface area is 270 Å². The number of hydrogen-bond acceptors (Lipinski definition) is 6. The molecule has 1 fully saturated rings. The quantitative estimate of drug-likeness (QED) is 0.204. The molecule has 0 aliphatic carbocycles. The molecule has 4 heterocycles.